The quantitative estimate of drug-likeness (QED) is 0.588. The highest BCUT2D eigenvalue weighted by atomic mass is 35.5. The number of sulfone groups is 1. The van der Waals surface area contributed by atoms with E-state index < -0.39 is 21.6 Å². The summed E-state index contributed by atoms with van der Waals surface area (Å²) >= 11 is 7.17. The first-order valence-electron chi connectivity index (χ1n) is 8.66. The largest absolute Gasteiger partial charge is 0.416 e. The maximum atomic E-state index is 12.9. The summed E-state index contributed by atoms with van der Waals surface area (Å²) in [5.41, 5.74) is 0.759. The molecule has 1 aliphatic heterocycles. The van der Waals surface area contributed by atoms with Gasteiger partial charge in [-0.2, -0.15) is 17.5 Å². The average Bonchev–Trinajstić information content (AvgIpc) is 3.18. The van der Waals surface area contributed by atoms with E-state index in [1.165, 1.54) is 24.5 Å². The van der Waals surface area contributed by atoms with Crippen LogP contribution in [-0.4, -0.2) is 30.9 Å². The number of hydrogen-bond acceptors (Lipinski definition) is 7. The molecule has 0 aliphatic carbocycles. The number of alkyl halides is 3. The van der Waals surface area contributed by atoms with E-state index in [4.69, 9.17) is 11.6 Å². The molecule has 3 aromatic rings. The summed E-state index contributed by atoms with van der Waals surface area (Å²) in [5.74, 6) is -0.259. The molecule has 0 amide bonds. The minimum absolute atomic E-state index is 0.0364. The standard InChI is InChI=1S/C18H14ClF3N4O2S2/c19-13-7-11(18(20,21)22)1-3-15(13)26-6-5-23-14-8-12(2-4-16(14)26)30(27,28)9-17-24-10-25-29-17/h1-4,7-8,10,23H,5-6,9H2. The Labute approximate surface area is 179 Å². The van der Waals surface area contributed by atoms with Gasteiger partial charge in [0.25, 0.3) is 0 Å². The zero-order valence-corrected chi connectivity index (χ0v) is 17.5. The summed E-state index contributed by atoms with van der Waals surface area (Å²) in [6, 6.07) is 7.77. The maximum Gasteiger partial charge on any atom is 0.416 e. The second-order valence-corrected chi connectivity index (χ2v) is 9.78. The molecule has 0 spiro atoms. The van der Waals surface area contributed by atoms with Crippen molar-refractivity contribution in [1.29, 1.82) is 0 Å². The highest BCUT2D eigenvalue weighted by Gasteiger charge is 2.32. The van der Waals surface area contributed by atoms with Gasteiger partial charge in [-0.15, -0.1) is 0 Å². The lowest BCUT2D eigenvalue weighted by atomic mass is 10.1. The first-order chi connectivity index (χ1) is 14.1. The average molecular weight is 475 g/mol. The normalized spacial score (nSPS) is 14.3. The molecule has 30 heavy (non-hydrogen) atoms. The van der Waals surface area contributed by atoms with Crippen LogP contribution in [0.2, 0.25) is 5.02 Å². The second kappa shape index (κ2) is 7.71. The van der Waals surface area contributed by atoms with Crippen molar-refractivity contribution < 1.29 is 21.6 Å². The topological polar surface area (TPSA) is 75.2 Å². The van der Waals surface area contributed by atoms with Crippen molar-refractivity contribution in [1.82, 2.24) is 9.36 Å². The summed E-state index contributed by atoms with van der Waals surface area (Å²) in [7, 11) is -3.63. The molecule has 1 aliphatic rings. The molecule has 0 saturated heterocycles. The van der Waals surface area contributed by atoms with Crippen molar-refractivity contribution in [2.75, 3.05) is 23.3 Å². The van der Waals surface area contributed by atoms with Crippen molar-refractivity contribution >= 4 is 50.0 Å². The number of halogens is 4. The number of aromatic nitrogens is 2. The van der Waals surface area contributed by atoms with Crippen LogP contribution in [0.15, 0.2) is 47.6 Å². The van der Waals surface area contributed by atoms with Crippen LogP contribution < -0.4 is 10.2 Å². The molecule has 0 atom stereocenters. The maximum absolute atomic E-state index is 12.9. The molecule has 1 N–H and O–H groups in total. The molecule has 2 aromatic carbocycles. The number of anilines is 3. The van der Waals surface area contributed by atoms with E-state index in [-0.39, 0.29) is 15.7 Å². The lowest BCUT2D eigenvalue weighted by molar-refractivity contribution is -0.137. The lowest BCUT2D eigenvalue weighted by Crippen LogP contribution is -2.30. The molecule has 0 fully saturated rings. The predicted molar refractivity (Wildman–Crippen MR) is 109 cm³/mol. The third kappa shape index (κ3) is 4.09. The van der Waals surface area contributed by atoms with Crippen molar-refractivity contribution in [3.05, 3.63) is 58.3 Å². The number of rotatable bonds is 4. The zero-order valence-electron chi connectivity index (χ0n) is 15.1. The van der Waals surface area contributed by atoms with Gasteiger partial charge in [0.2, 0.25) is 0 Å². The Kier molecular flexibility index (Phi) is 5.37. The minimum Gasteiger partial charge on any atom is -0.382 e. The third-order valence-corrected chi connectivity index (χ3v) is 7.33. The van der Waals surface area contributed by atoms with Gasteiger partial charge in [-0.05, 0) is 47.9 Å². The molecule has 0 radical (unpaired) electrons. The van der Waals surface area contributed by atoms with Crippen molar-refractivity contribution in [2.45, 2.75) is 16.8 Å². The Morgan fingerprint density at radius 3 is 2.60 bits per heavy atom. The Balaban J connectivity index is 1.67. The fourth-order valence-electron chi connectivity index (χ4n) is 3.17. The van der Waals surface area contributed by atoms with Crippen LogP contribution in [0.5, 0.6) is 0 Å². The van der Waals surface area contributed by atoms with Crippen LogP contribution in [0.4, 0.5) is 30.2 Å². The van der Waals surface area contributed by atoms with Crippen LogP contribution in [0.1, 0.15) is 10.6 Å². The lowest BCUT2D eigenvalue weighted by Gasteiger charge is -2.33. The van der Waals surface area contributed by atoms with E-state index in [2.05, 4.69) is 14.7 Å². The molecule has 2 heterocycles. The molecular formula is C18H14ClF3N4O2S2. The third-order valence-electron chi connectivity index (χ3n) is 4.56. The van der Waals surface area contributed by atoms with Gasteiger partial charge in [-0.3, -0.25) is 0 Å². The molecule has 1 aromatic heterocycles. The first-order valence-corrected chi connectivity index (χ1v) is 11.5. The van der Waals surface area contributed by atoms with Crippen LogP contribution in [-0.2, 0) is 21.8 Å². The van der Waals surface area contributed by atoms with Crippen molar-refractivity contribution in [3.63, 3.8) is 0 Å². The molecular weight excluding hydrogens is 461 g/mol. The summed E-state index contributed by atoms with van der Waals surface area (Å²) < 4.78 is 68.0. The molecule has 12 heteroatoms. The molecule has 4 rings (SSSR count). The van der Waals surface area contributed by atoms with E-state index >= 15 is 0 Å². The molecule has 6 nitrogen and oxygen atoms in total. The van der Waals surface area contributed by atoms with Gasteiger partial charge >= 0.3 is 6.18 Å². The van der Waals surface area contributed by atoms with E-state index in [0.717, 1.165) is 23.7 Å². The van der Waals surface area contributed by atoms with Gasteiger partial charge in [-0.25, -0.2) is 13.4 Å². The summed E-state index contributed by atoms with van der Waals surface area (Å²) in [5, 5.41) is 3.49. The zero-order chi connectivity index (χ0) is 21.5. The number of fused-ring (bicyclic) bond motifs is 1. The van der Waals surface area contributed by atoms with Gasteiger partial charge in [0.1, 0.15) is 17.1 Å². The summed E-state index contributed by atoms with van der Waals surface area (Å²) in [4.78, 5) is 5.78. The predicted octanol–water partition coefficient (Wildman–Crippen LogP) is 4.75. The molecule has 0 bridgehead atoms. The van der Waals surface area contributed by atoms with Gasteiger partial charge in [0, 0.05) is 13.1 Å². The van der Waals surface area contributed by atoms with E-state index in [1.807, 2.05) is 0 Å². The summed E-state index contributed by atoms with van der Waals surface area (Å²) in [6.45, 7) is 0.916. The number of hydrogen-bond donors (Lipinski definition) is 1. The fourth-order valence-corrected chi connectivity index (χ4v) is 5.57. The molecule has 158 valence electrons. The second-order valence-electron chi connectivity index (χ2n) is 6.52. The van der Waals surface area contributed by atoms with Gasteiger partial charge < -0.3 is 10.2 Å². The van der Waals surface area contributed by atoms with Crippen LogP contribution in [0.25, 0.3) is 0 Å². The molecule has 0 saturated carbocycles. The van der Waals surface area contributed by atoms with Crippen LogP contribution in [0.3, 0.4) is 0 Å². The number of benzene rings is 2. The highest BCUT2D eigenvalue weighted by molar-refractivity contribution is 7.90. The van der Waals surface area contributed by atoms with Crippen molar-refractivity contribution in [3.8, 4) is 0 Å². The molecule has 0 unspecified atom stereocenters. The minimum atomic E-state index is -4.49. The fraction of sp³-hybridized carbons (Fsp3) is 0.222. The van der Waals surface area contributed by atoms with Gasteiger partial charge in [0.05, 0.1) is 32.5 Å². The SMILES string of the molecule is O=S(=O)(Cc1ncns1)c1ccc2c(c1)NCCN2c1ccc(C(F)(F)F)cc1Cl. The highest BCUT2D eigenvalue weighted by Crippen LogP contribution is 2.41. The Hall–Kier alpha value is -2.37. The Morgan fingerprint density at radius 1 is 1.17 bits per heavy atom. The smallest absolute Gasteiger partial charge is 0.382 e. The number of nitrogens with zero attached hydrogens (tertiary/aromatic N) is 3. The van der Waals surface area contributed by atoms with Crippen molar-refractivity contribution in [2.24, 2.45) is 0 Å². The first kappa shape index (κ1) is 20.9. The number of nitrogens with one attached hydrogen (secondary N) is 1. The van der Waals surface area contributed by atoms with E-state index in [9.17, 15) is 21.6 Å². The Bertz CT molecular complexity index is 1180. The van der Waals surface area contributed by atoms with Gasteiger partial charge in [0.15, 0.2) is 9.84 Å². The summed E-state index contributed by atoms with van der Waals surface area (Å²) in [6.07, 6.45) is -3.19. The van der Waals surface area contributed by atoms with Crippen LogP contribution >= 0.6 is 23.1 Å². The van der Waals surface area contributed by atoms with E-state index in [0.29, 0.717) is 35.2 Å². The van der Waals surface area contributed by atoms with E-state index in [1.54, 1.807) is 11.0 Å². The van der Waals surface area contributed by atoms with Crippen LogP contribution in [0, 0.1) is 0 Å². The Morgan fingerprint density at radius 2 is 1.93 bits per heavy atom. The van der Waals surface area contributed by atoms with Gasteiger partial charge in [-0.1, -0.05) is 11.6 Å². The monoisotopic (exact) mass is 474 g/mol.